The van der Waals surface area contributed by atoms with E-state index in [4.69, 9.17) is 9.47 Å². The molecule has 2 fully saturated rings. The van der Waals surface area contributed by atoms with Crippen LogP contribution in [0, 0.1) is 5.82 Å². The van der Waals surface area contributed by atoms with Gasteiger partial charge in [-0.2, -0.15) is 26.3 Å². The van der Waals surface area contributed by atoms with E-state index in [1.54, 1.807) is 0 Å². The van der Waals surface area contributed by atoms with Crippen molar-refractivity contribution < 1.29 is 49.8 Å². The molecule has 5 nitrogen and oxygen atoms in total. The number of hydrogen-bond acceptors (Lipinski definition) is 4. The van der Waals surface area contributed by atoms with Crippen molar-refractivity contribution >= 4 is 17.6 Å². The summed E-state index contributed by atoms with van der Waals surface area (Å²) >= 11 is 0. The number of benzene rings is 2. The second-order valence-electron chi connectivity index (χ2n) is 8.56. The van der Waals surface area contributed by atoms with Crippen molar-refractivity contribution in [2.75, 3.05) is 5.32 Å². The third kappa shape index (κ3) is 3.26. The van der Waals surface area contributed by atoms with Crippen molar-refractivity contribution in [2.45, 2.75) is 48.9 Å². The Bertz CT molecular complexity index is 1220. The molecule has 1 saturated carbocycles. The van der Waals surface area contributed by atoms with E-state index in [1.165, 1.54) is 18.2 Å². The SMILES string of the molecule is O=C1OCc2cc(NC(=O)C3(C(F)(F)F)CC4(c5cc(C(F)(F)F)ccc5F)CC4O3)ccc21. The highest BCUT2D eigenvalue weighted by Gasteiger charge is 2.78. The highest BCUT2D eigenvalue weighted by molar-refractivity contribution is 6.00. The zero-order valence-corrected chi connectivity index (χ0v) is 16.9. The average Bonchev–Trinajstić information content (AvgIpc) is 3.11. The summed E-state index contributed by atoms with van der Waals surface area (Å²) in [4.78, 5) is 24.4. The molecule has 180 valence electrons. The fourth-order valence-electron chi connectivity index (χ4n) is 4.68. The highest BCUT2D eigenvalue weighted by Crippen LogP contribution is 2.66. The van der Waals surface area contributed by atoms with Crippen LogP contribution >= 0.6 is 0 Å². The normalized spacial score (nSPS) is 27.7. The summed E-state index contributed by atoms with van der Waals surface area (Å²) in [5.41, 5.74) is -6.40. The van der Waals surface area contributed by atoms with E-state index in [2.05, 4.69) is 5.32 Å². The number of amides is 1. The Hall–Kier alpha value is -3.15. The van der Waals surface area contributed by atoms with Crippen molar-refractivity contribution in [3.05, 3.63) is 64.5 Å². The lowest BCUT2D eigenvalue weighted by atomic mass is 9.83. The average molecular weight is 489 g/mol. The van der Waals surface area contributed by atoms with Gasteiger partial charge in [0, 0.05) is 23.1 Å². The Morgan fingerprint density at radius 2 is 1.79 bits per heavy atom. The van der Waals surface area contributed by atoms with Gasteiger partial charge in [0.2, 0.25) is 5.60 Å². The van der Waals surface area contributed by atoms with Crippen LogP contribution in [0.15, 0.2) is 36.4 Å². The molecule has 1 amide bonds. The number of rotatable bonds is 3. The molecule has 3 aliphatic rings. The predicted octanol–water partition coefficient (Wildman–Crippen LogP) is 4.89. The van der Waals surface area contributed by atoms with Crippen molar-refractivity contribution in [1.29, 1.82) is 0 Å². The summed E-state index contributed by atoms with van der Waals surface area (Å²) in [5.74, 6) is -3.31. The second kappa shape index (κ2) is 6.94. The van der Waals surface area contributed by atoms with Crippen molar-refractivity contribution in [3.63, 3.8) is 0 Å². The van der Waals surface area contributed by atoms with Gasteiger partial charge in [0.1, 0.15) is 12.4 Å². The minimum atomic E-state index is -5.24. The van der Waals surface area contributed by atoms with E-state index in [9.17, 15) is 40.3 Å². The zero-order chi connectivity index (χ0) is 24.7. The van der Waals surface area contributed by atoms with Gasteiger partial charge in [-0.1, -0.05) is 0 Å². The van der Waals surface area contributed by atoms with Crippen LogP contribution in [0.4, 0.5) is 36.4 Å². The Labute approximate surface area is 186 Å². The van der Waals surface area contributed by atoms with Crippen LogP contribution in [-0.4, -0.2) is 29.8 Å². The largest absolute Gasteiger partial charge is 0.457 e. The minimum Gasteiger partial charge on any atom is -0.457 e. The van der Waals surface area contributed by atoms with E-state index in [-0.39, 0.29) is 24.3 Å². The van der Waals surface area contributed by atoms with E-state index in [0.29, 0.717) is 23.8 Å². The molecule has 0 bridgehead atoms. The number of anilines is 1. The smallest absolute Gasteiger partial charge is 0.426 e. The lowest BCUT2D eigenvalue weighted by Crippen LogP contribution is -2.55. The third-order valence-electron chi connectivity index (χ3n) is 6.51. The fraction of sp³-hybridized carbons (Fsp3) is 0.364. The Balaban J connectivity index is 1.47. The van der Waals surface area contributed by atoms with Crippen LogP contribution in [0.25, 0.3) is 0 Å². The third-order valence-corrected chi connectivity index (χ3v) is 6.51. The summed E-state index contributed by atoms with van der Waals surface area (Å²) < 4.78 is 106. The van der Waals surface area contributed by atoms with Crippen LogP contribution in [0.5, 0.6) is 0 Å². The molecule has 2 aromatic carbocycles. The highest BCUT2D eigenvalue weighted by atomic mass is 19.4. The monoisotopic (exact) mass is 489 g/mol. The molecule has 12 heteroatoms. The van der Waals surface area contributed by atoms with Gasteiger partial charge < -0.3 is 14.8 Å². The summed E-state index contributed by atoms with van der Waals surface area (Å²) in [6, 6.07) is 5.29. The zero-order valence-electron chi connectivity index (χ0n) is 16.9. The number of carbonyl (C=O) groups excluding carboxylic acids is 2. The summed E-state index contributed by atoms with van der Waals surface area (Å²) in [5, 5.41) is 2.11. The number of ether oxygens (including phenoxy) is 2. The first-order chi connectivity index (χ1) is 15.8. The van der Waals surface area contributed by atoms with E-state index in [1.807, 2.05) is 0 Å². The molecule has 2 aromatic rings. The molecule has 2 aliphatic heterocycles. The Kier molecular flexibility index (Phi) is 4.62. The summed E-state index contributed by atoms with van der Waals surface area (Å²) in [6.45, 7) is -0.112. The van der Waals surface area contributed by atoms with Crippen LogP contribution in [0.2, 0.25) is 0 Å². The van der Waals surface area contributed by atoms with Crippen LogP contribution < -0.4 is 5.32 Å². The number of esters is 1. The predicted molar refractivity (Wildman–Crippen MR) is 100 cm³/mol. The number of alkyl halides is 6. The second-order valence-corrected chi connectivity index (χ2v) is 8.56. The summed E-state index contributed by atoms with van der Waals surface area (Å²) in [7, 11) is 0. The lowest BCUT2D eigenvalue weighted by molar-refractivity contribution is -0.259. The lowest BCUT2D eigenvalue weighted by Gasteiger charge is -2.32. The molecule has 34 heavy (non-hydrogen) atoms. The molecule has 1 N–H and O–H groups in total. The van der Waals surface area contributed by atoms with Crippen molar-refractivity contribution in [3.8, 4) is 0 Å². The Morgan fingerprint density at radius 1 is 1.06 bits per heavy atom. The number of nitrogens with one attached hydrogen (secondary N) is 1. The van der Waals surface area contributed by atoms with Gasteiger partial charge in [0.25, 0.3) is 5.91 Å². The van der Waals surface area contributed by atoms with Gasteiger partial charge in [-0.3, -0.25) is 4.79 Å². The molecule has 2 heterocycles. The first kappa shape index (κ1) is 22.6. The number of halogens is 7. The van der Waals surface area contributed by atoms with Gasteiger partial charge in [0.15, 0.2) is 0 Å². The fourth-order valence-corrected chi connectivity index (χ4v) is 4.68. The van der Waals surface area contributed by atoms with Crippen molar-refractivity contribution in [1.82, 2.24) is 0 Å². The number of carbonyl (C=O) groups is 2. The molecule has 3 atom stereocenters. The van der Waals surface area contributed by atoms with Gasteiger partial charge in [-0.15, -0.1) is 0 Å². The van der Waals surface area contributed by atoms with Gasteiger partial charge in [0.05, 0.1) is 17.2 Å². The Morgan fingerprint density at radius 3 is 2.47 bits per heavy atom. The van der Waals surface area contributed by atoms with Crippen LogP contribution in [0.3, 0.4) is 0 Å². The van der Waals surface area contributed by atoms with E-state index in [0.717, 1.165) is 0 Å². The van der Waals surface area contributed by atoms with Gasteiger partial charge >= 0.3 is 18.3 Å². The van der Waals surface area contributed by atoms with Gasteiger partial charge in [-0.25, -0.2) is 9.18 Å². The molecule has 5 rings (SSSR count). The topological polar surface area (TPSA) is 64.6 Å². The van der Waals surface area contributed by atoms with E-state index < -0.39 is 64.7 Å². The maximum atomic E-state index is 14.5. The van der Waals surface area contributed by atoms with E-state index >= 15 is 0 Å². The number of fused-ring (bicyclic) bond motifs is 2. The van der Waals surface area contributed by atoms with Crippen LogP contribution in [0.1, 0.15) is 39.9 Å². The van der Waals surface area contributed by atoms with Crippen LogP contribution in [-0.2, 0) is 32.5 Å². The maximum Gasteiger partial charge on any atom is 0.426 e. The molecule has 1 saturated heterocycles. The number of hydrogen-bond donors (Lipinski definition) is 1. The first-order valence-corrected chi connectivity index (χ1v) is 10.0. The summed E-state index contributed by atoms with van der Waals surface area (Å²) in [6.07, 6.45) is -12.6. The van der Waals surface area contributed by atoms with Gasteiger partial charge in [-0.05, 0) is 48.4 Å². The molecule has 0 radical (unpaired) electrons. The quantitative estimate of drug-likeness (QED) is 0.493. The molecular weight excluding hydrogens is 475 g/mol. The molecule has 1 aliphatic carbocycles. The minimum absolute atomic E-state index is 0.0610. The molecule has 0 spiro atoms. The molecule has 0 aromatic heterocycles. The first-order valence-electron chi connectivity index (χ1n) is 10.0. The standard InChI is InChI=1S/C22H14F7NO4/c23-15-4-1-11(21(24,25)26)6-14(15)19-7-16(19)34-20(9-19,22(27,28)29)18(32)30-12-2-3-13-10(5-12)8-33-17(13)31/h1-6,16H,7-9H2,(H,30,32). The molecule has 3 unspecified atom stereocenters. The number of cyclic esters (lactones) is 1. The van der Waals surface area contributed by atoms with Crippen molar-refractivity contribution in [2.24, 2.45) is 0 Å². The maximum absolute atomic E-state index is 14.5. The molecular formula is C22H14F7NO4.